The van der Waals surface area contributed by atoms with E-state index in [0.29, 0.717) is 28.0 Å². The first-order valence-electron chi connectivity index (χ1n) is 5.53. The molecule has 0 aliphatic heterocycles. The van der Waals surface area contributed by atoms with Crippen molar-refractivity contribution < 1.29 is 9.94 Å². The highest BCUT2D eigenvalue weighted by molar-refractivity contribution is 6.31. The van der Waals surface area contributed by atoms with Crippen LogP contribution < -0.4 is 4.74 Å². The lowest BCUT2D eigenvalue weighted by molar-refractivity contribution is 0.304. The molecule has 0 amide bonds. The van der Waals surface area contributed by atoms with Crippen molar-refractivity contribution in [3.05, 3.63) is 63.6 Å². The molecule has 1 N–H and O–H groups in total. The summed E-state index contributed by atoms with van der Waals surface area (Å²) in [5, 5.41) is 12.8. The van der Waals surface area contributed by atoms with Gasteiger partial charge in [-0.2, -0.15) is 0 Å². The molecule has 0 bridgehead atoms. The highest BCUT2D eigenvalue weighted by Gasteiger charge is 2.04. The summed E-state index contributed by atoms with van der Waals surface area (Å²) >= 11 is 11.7. The van der Waals surface area contributed by atoms with E-state index in [-0.39, 0.29) is 0 Å². The maximum Gasteiger partial charge on any atom is 0.128 e. The first-order chi connectivity index (χ1) is 9.19. The molecule has 98 valence electrons. The average Bonchev–Trinajstić information content (AvgIpc) is 2.40. The lowest BCUT2D eigenvalue weighted by atomic mass is 10.2. The Morgan fingerprint density at radius 2 is 1.74 bits per heavy atom. The second-order valence-corrected chi connectivity index (χ2v) is 4.71. The molecular formula is C14H11Cl2NO2. The highest BCUT2D eigenvalue weighted by atomic mass is 35.5. The Hall–Kier alpha value is -1.71. The van der Waals surface area contributed by atoms with Gasteiger partial charge >= 0.3 is 0 Å². The van der Waals surface area contributed by atoms with Gasteiger partial charge in [0.05, 0.1) is 6.21 Å². The predicted molar refractivity (Wildman–Crippen MR) is 76.6 cm³/mol. The summed E-state index contributed by atoms with van der Waals surface area (Å²) in [6.07, 6.45) is 1.28. The Bertz CT molecular complexity index is 582. The van der Waals surface area contributed by atoms with E-state index < -0.39 is 0 Å². The van der Waals surface area contributed by atoms with E-state index in [2.05, 4.69) is 5.16 Å². The van der Waals surface area contributed by atoms with Gasteiger partial charge in [0.2, 0.25) is 0 Å². The monoisotopic (exact) mass is 295 g/mol. The first-order valence-corrected chi connectivity index (χ1v) is 6.29. The van der Waals surface area contributed by atoms with Crippen molar-refractivity contribution in [2.75, 3.05) is 0 Å². The van der Waals surface area contributed by atoms with Crippen molar-refractivity contribution in [3.8, 4) is 5.75 Å². The summed E-state index contributed by atoms with van der Waals surface area (Å²) in [6, 6.07) is 12.5. The number of oxime groups is 1. The second kappa shape index (κ2) is 6.45. The molecule has 0 fully saturated rings. The van der Waals surface area contributed by atoms with E-state index in [4.69, 9.17) is 33.1 Å². The summed E-state index contributed by atoms with van der Waals surface area (Å²) in [5.74, 6) is 0.595. The summed E-state index contributed by atoms with van der Waals surface area (Å²) in [5.41, 5.74) is 1.61. The highest BCUT2D eigenvalue weighted by Crippen LogP contribution is 2.22. The standard InChI is InChI=1S/C14H11Cl2NO2/c15-12-3-1-10(2-4-12)9-19-14-6-5-13(16)7-11(14)8-17-18/h1-8,18H,9H2/b17-8-. The third-order valence-corrected chi connectivity index (χ3v) is 2.96. The maximum absolute atomic E-state index is 8.61. The fraction of sp³-hybridized carbons (Fsp3) is 0.0714. The summed E-state index contributed by atoms with van der Waals surface area (Å²) in [6.45, 7) is 0.394. The van der Waals surface area contributed by atoms with Gasteiger partial charge in [0.25, 0.3) is 0 Å². The number of nitrogens with zero attached hydrogens (tertiary/aromatic N) is 1. The van der Waals surface area contributed by atoms with Gasteiger partial charge in [-0.15, -0.1) is 0 Å². The van der Waals surface area contributed by atoms with E-state index in [1.807, 2.05) is 12.1 Å². The Kier molecular flexibility index (Phi) is 4.66. The predicted octanol–water partition coefficient (Wildman–Crippen LogP) is 4.38. The fourth-order valence-electron chi connectivity index (χ4n) is 1.56. The minimum absolute atomic E-state index is 0.394. The van der Waals surface area contributed by atoms with Crippen LogP contribution in [0.2, 0.25) is 10.0 Å². The van der Waals surface area contributed by atoms with Crippen molar-refractivity contribution in [1.82, 2.24) is 0 Å². The third kappa shape index (κ3) is 3.88. The fourth-order valence-corrected chi connectivity index (χ4v) is 1.86. The molecule has 2 aromatic rings. The summed E-state index contributed by atoms with van der Waals surface area (Å²) < 4.78 is 5.67. The first kappa shape index (κ1) is 13.7. The number of halogens is 2. The van der Waals surface area contributed by atoms with Gasteiger partial charge in [-0.25, -0.2) is 0 Å². The van der Waals surface area contributed by atoms with Crippen molar-refractivity contribution in [3.63, 3.8) is 0 Å². The second-order valence-electron chi connectivity index (χ2n) is 3.84. The van der Waals surface area contributed by atoms with Gasteiger partial charge in [0.15, 0.2) is 0 Å². The number of benzene rings is 2. The molecule has 0 aliphatic carbocycles. The Morgan fingerprint density at radius 3 is 2.42 bits per heavy atom. The van der Waals surface area contributed by atoms with Crippen LogP contribution in [0, 0.1) is 0 Å². The van der Waals surface area contributed by atoms with E-state index in [1.165, 1.54) is 6.21 Å². The maximum atomic E-state index is 8.61. The van der Waals surface area contributed by atoms with Gasteiger partial charge in [-0.1, -0.05) is 40.5 Å². The molecule has 0 saturated heterocycles. The van der Waals surface area contributed by atoms with Crippen LogP contribution in [0.3, 0.4) is 0 Å². The van der Waals surface area contributed by atoms with Gasteiger partial charge in [0, 0.05) is 15.6 Å². The van der Waals surface area contributed by atoms with E-state index in [0.717, 1.165) is 5.56 Å². The van der Waals surface area contributed by atoms with Crippen LogP contribution in [0.4, 0.5) is 0 Å². The lowest BCUT2D eigenvalue weighted by Gasteiger charge is -2.09. The van der Waals surface area contributed by atoms with Crippen LogP contribution in [0.15, 0.2) is 47.6 Å². The van der Waals surface area contributed by atoms with Crippen LogP contribution >= 0.6 is 23.2 Å². The molecule has 5 heteroatoms. The SMILES string of the molecule is O/N=C\c1cc(Cl)ccc1OCc1ccc(Cl)cc1. The zero-order chi connectivity index (χ0) is 13.7. The van der Waals surface area contributed by atoms with Gasteiger partial charge in [-0.3, -0.25) is 0 Å². The van der Waals surface area contributed by atoms with Crippen molar-refractivity contribution in [2.24, 2.45) is 5.16 Å². The summed E-state index contributed by atoms with van der Waals surface area (Å²) in [7, 11) is 0. The van der Waals surface area contributed by atoms with Crippen LogP contribution in [0.5, 0.6) is 5.75 Å². The molecule has 0 heterocycles. The van der Waals surface area contributed by atoms with Crippen LogP contribution in [0.25, 0.3) is 0 Å². The van der Waals surface area contributed by atoms with Crippen molar-refractivity contribution in [1.29, 1.82) is 0 Å². The molecule has 0 atom stereocenters. The van der Waals surface area contributed by atoms with Gasteiger partial charge < -0.3 is 9.94 Å². The van der Waals surface area contributed by atoms with Gasteiger partial charge in [-0.05, 0) is 35.9 Å². The molecule has 0 spiro atoms. The Balaban J connectivity index is 2.12. The lowest BCUT2D eigenvalue weighted by Crippen LogP contribution is -1.98. The summed E-state index contributed by atoms with van der Waals surface area (Å²) in [4.78, 5) is 0. The minimum atomic E-state index is 0.394. The molecule has 0 unspecified atom stereocenters. The van der Waals surface area contributed by atoms with E-state index >= 15 is 0 Å². The van der Waals surface area contributed by atoms with E-state index in [9.17, 15) is 0 Å². The topological polar surface area (TPSA) is 41.8 Å². The molecule has 19 heavy (non-hydrogen) atoms. The molecule has 2 aromatic carbocycles. The molecule has 0 radical (unpaired) electrons. The molecular weight excluding hydrogens is 285 g/mol. The minimum Gasteiger partial charge on any atom is -0.488 e. The van der Waals surface area contributed by atoms with Crippen molar-refractivity contribution in [2.45, 2.75) is 6.61 Å². The average molecular weight is 296 g/mol. The molecule has 0 aliphatic rings. The Labute approximate surface area is 121 Å². The van der Waals surface area contributed by atoms with E-state index in [1.54, 1.807) is 30.3 Å². The zero-order valence-corrected chi connectivity index (χ0v) is 11.4. The number of hydrogen-bond donors (Lipinski definition) is 1. The number of ether oxygens (including phenoxy) is 1. The smallest absolute Gasteiger partial charge is 0.128 e. The van der Waals surface area contributed by atoms with Crippen LogP contribution in [-0.2, 0) is 6.61 Å². The largest absolute Gasteiger partial charge is 0.488 e. The molecule has 3 nitrogen and oxygen atoms in total. The Morgan fingerprint density at radius 1 is 1.05 bits per heavy atom. The van der Waals surface area contributed by atoms with Crippen LogP contribution in [-0.4, -0.2) is 11.4 Å². The molecule has 0 saturated carbocycles. The number of hydrogen-bond acceptors (Lipinski definition) is 3. The quantitative estimate of drug-likeness (QED) is 0.517. The van der Waals surface area contributed by atoms with Crippen LogP contribution in [0.1, 0.15) is 11.1 Å². The van der Waals surface area contributed by atoms with Crippen molar-refractivity contribution >= 4 is 29.4 Å². The molecule has 2 rings (SSSR count). The number of rotatable bonds is 4. The third-order valence-electron chi connectivity index (χ3n) is 2.48. The molecule has 0 aromatic heterocycles. The normalized spacial score (nSPS) is 10.8. The zero-order valence-electron chi connectivity index (χ0n) is 9.88. The van der Waals surface area contributed by atoms with Gasteiger partial charge in [0.1, 0.15) is 12.4 Å².